The highest BCUT2D eigenvalue weighted by atomic mass is 16.2. The van der Waals surface area contributed by atoms with Gasteiger partial charge < -0.3 is 10.2 Å². The van der Waals surface area contributed by atoms with Crippen LogP contribution in [-0.4, -0.2) is 36.5 Å². The van der Waals surface area contributed by atoms with Crippen LogP contribution < -0.4 is 5.32 Å². The zero-order valence-electron chi connectivity index (χ0n) is 10.3. The van der Waals surface area contributed by atoms with Gasteiger partial charge in [0, 0.05) is 19.1 Å². The van der Waals surface area contributed by atoms with E-state index in [4.69, 9.17) is 0 Å². The number of piperidine rings is 1. The average Bonchev–Trinajstić information content (AvgIpc) is 2.26. The van der Waals surface area contributed by atoms with E-state index in [0.717, 1.165) is 13.1 Å². The Kier molecular flexibility index (Phi) is 5.09. The van der Waals surface area contributed by atoms with Crippen LogP contribution in [0.15, 0.2) is 0 Å². The van der Waals surface area contributed by atoms with Crippen molar-refractivity contribution in [1.82, 2.24) is 10.2 Å². The van der Waals surface area contributed by atoms with E-state index >= 15 is 0 Å². The molecule has 1 unspecified atom stereocenters. The molecule has 88 valence electrons. The summed E-state index contributed by atoms with van der Waals surface area (Å²) in [6.07, 6.45) is 3.62. The van der Waals surface area contributed by atoms with Crippen molar-refractivity contribution in [2.45, 2.75) is 46.1 Å². The number of hydrogen-bond acceptors (Lipinski definition) is 2. The predicted octanol–water partition coefficient (Wildman–Crippen LogP) is 1.63. The highest BCUT2D eigenvalue weighted by Gasteiger charge is 2.17. The second kappa shape index (κ2) is 6.11. The van der Waals surface area contributed by atoms with Crippen molar-refractivity contribution in [3.05, 3.63) is 0 Å². The summed E-state index contributed by atoms with van der Waals surface area (Å²) in [5, 5.41) is 3.29. The van der Waals surface area contributed by atoms with Crippen molar-refractivity contribution in [1.29, 1.82) is 0 Å². The molecule has 0 spiro atoms. The quantitative estimate of drug-likeness (QED) is 0.768. The fourth-order valence-corrected chi connectivity index (χ4v) is 1.74. The fraction of sp³-hybridized carbons (Fsp3) is 0.917. The highest BCUT2D eigenvalue weighted by molar-refractivity contribution is 5.78. The molecule has 0 aromatic heterocycles. The Morgan fingerprint density at radius 2 is 1.80 bits per heavy atom. The van der Waals surface area contributed by atoms with Gasteiger partial charge in [0.2, 0.25) is 5.91 Å². The molecule has 1 amide bonds. The molecule has 15 heavy (non-hydrogen) atoms. The standard InChI is InChI=1S/C12H24N2O/c1-10(2)11(3)13-9-12(15)14-7-5-4-6-8-14/h10-11,13H,4-9H2,1-3H3. The Morgan fingerprint density at radius 3 is 2.33 bits per heavy atom. The van der Waals surface area contributed by atoms with E-state index < -0.39 is 0 Å². The molecular weight excluding hydrogens is 188 g/mol. The van der Waals surface area contributed by atoms with Crippen LogP contribution in [-0.2, 0) is 4.79 Å². The van der Waals surface area contributed by atoms with Crippen LogP contribution in [0.3, 0.4) is 0 Å². The molecule has 0 aliphatic carbocycles. The van der Waals surface area contributed by atoms with Crippen LogP contribution in [0.1, 0.15) is 40.0 Å². The zero-order valence-corrected chi connectivity index (χ0v) is 10.3. The lowest BCUT2D eigenvalue weighted by molar-refractivity contribution is -0.131. The molecule has 3 nitrogen and oxygen atoms in total. The van der Waals surface area contributed by atoms with Crippen LogP contribution in [0.5, 0.6) is 0 Å². The molecule has 0 aromatic carbocycles. The van der Waals surface area contributed by atoms with Crippen LogP contribution in [0, 0.1) is 5.92 Å². The second-order valence-electron chi connectivity index (χ2n) is 4.86. The Balaban J connectivity index is 2.22. The summed E-state index contributed by atoms with van der Waals surface area (Å²) >= 11 is 0. The minimum Gasteiger partial charge on any atom is -0.342 e. The van der Waals surface area contributed by atoms with Gasteiger partial charge in [0.15, 0.2) is 0 Å². The maximum atomic E-state index is 11.8. The van der Waals surface area contributed by atoms with E-state index in [9.17, 15) is 4.79 Å². The second-order valence-corrected chi connectivity index (χ2v) is 4.86. The first-order chi connectivity index (χ1) is 7.11. The lowest BCUT2D eigenvalue weighted by Crippen LogP contribution is -2.44. The fourth-order valence-electron chi connectivity index (χ4n) is 1.74. The maximum Gasteiger partial charge on any atom is 0.236 e. The van der Waals surface area contributed by atoms with E-state index in [2.05, 4.69) is 26.1 Å². The molecule has 1 saturated heterocycles. The summed E-state index contributed by atoms with van der Waals surface area (Å²) in [6, 6.07) is 0.416. The number of carbonyl (C=O) groups excluding carboxylic acids is 1. The Hall–Kier alpha value is -0.570. The largest absolute Gasteiger partial charge is 0.342 e. The molecule has 1 fully saturated rings. The first kappa shape index (κ1) is 12.5. The van der Waals surface area contributed by atoms with Crippen molar-refractivity contribution in [3.8, 4) is 0 Å². The van der Waals surface area contributed by atoms with Crippen molar-refractivity contribution < 1.29 is 4.79 Å². The average molecular weight is 212 g/mol. The third-order valence-corrected chi connectivity index (χ3v) is 3.28. The topological polar surface area (TPSA) is 32.3 Å². The van der Waals surface area contributed by atoms with Gasteiger partial charge in [0.1, 0.15) is 0 Å². The Morgan fingerprint density at radius 1 is 1.20 bits per heavy atom. The lowest BCUT2D eigenvalue weighted by Gasteiger charge is -2.27. The summed E-state index contributed by atoms with van der Waals surface area (Å²) < 4.78 is 0. The molecule has 0 saturated carbocycles. The molecule has 1 atom stereocenters. The monoisotopic (exact) mass is 212 g/mol. The summed E-state index contributed by atoms with van der Waals surface area (Å²) in [7, 11) is 0. The number of nitrogens with zero attached hydrogens (tertiary/aromatic N) is 1. The summed E-state index contributed by atoms with van der Waals surface area (Å²) in [4.78, 5) is 13.8. The van der Waals surface area contributed by atoms with Gasteiger partial charge in [-0.1, -0.05) is 13.8 Å². The van der Waals surface area contributed by atoms with Crippen LogP contribution in [0.2, 0.25) is 0 Å². The third-order valence-electron chi connectivity index (χ3n) is 3.28. The van der Waals surface area contributed by atoms with E-state index in [1.54, 1.807) is 0 Å². The SMILES string of the molecule is CC(C)C(C)NCC(=O)N1CCCCC1. The van der Waals surface area contributed by atoms with Crippen LogP contribution in [0.25, 0.3) is 0 Å². The van der Waals surface area contributed by atoms with Crippen molar-refractivity contribution >= 4 is 5.91 Å². The van der Waals surface area contributed by atoms with Gasteiger partial charge >= 0.3 is 0 Å². The number of amides is 1. The molecular formula is C12H24N2O. The van der Waals surface area contributed by atoms with Gasteiger partial charge in [-0.25, -0.2) is 0 Å². The number of carbonyl (C=O) groups is 1. The smallest absolute Gasteiger partial charge is 0.236 e. The molecule has 0 bridgehead atoms. The lowest BCUT2D eigenvalue weighted by atomic mass is 10.1. The first-order valence-corrected chi connectivity index (χ1v) is 6.12. The third kappa shape index (κ3) is 4.20. The van der Waals surface area contributed by atoms with E-state index in [0.29, 0.717) is 18.5 Å². The first-order valence-electron chi connectivity index (χ1n) is 6.12. The summed E-state index contributed by atoms with van der Waals surface area (Å²) in [5.41, 5.74) is 0. The molecule has 1 aliphatic rings. The zero-order chi connectivity index (χ0) is 11.3. The van der Waals surface area contributed by atoms with Gasteiger partial charge in [0.25, 0.3) is 0 Å². The summed E-state index contributed by atoms with van der Waals surface area (Å²) in [6.45, 7) is 8.88. The molecule has 1 heterocycles. The van der Waals surface area contributed by atoms with Gasteiger partial charge in [-0.15, -0.1) is 0 Å². The molecule has 1 rings (SSSR count). The molecule has 0 aromatic rings. The van der Waals surface area contributed by atoms with Gasteiger partial charge in [-0.3, -0.25) is 4.79 Å². The maximum absolute atomic E-state index is 11.8. The van der Waals surface area contributed by atoms with Crippen molar-refractivity contribution in [3.63, 3.8) is 0 Å². The predicted molar refractivity (Wildman–Crippen MR) is 62.7 cm³/mol. The minimum absolute atomic E-state index is 0.266. The van der Waals surface area contributed by atoms with Gasteiger partial charge in [-0.2, -0.15) is 0 Å². The molecule has 0 radical (unpaired) electrons. The molecule has 1 aliphatic heterocycles. The van der Waals surface area contributed by atoms with Gasteiger partial charge in [0.05, 0.1) is 6.54 Å². The number of rotatable bonds is 4. The van der Waals surface area contributed by atoms with Crippen molar-refractivity contribution in [2.24, 2.45) is 5.92 Å². The highest BCUT2D eigenvalue weighted by Crippen LogP contribution is 2.08. The number of likely N-dealkylation sites (tertiary alicyclic amines) is 1. The molecule has 1 N–H and O–H groups in total. The summed E-state index contributed by atoms with van der Waals surface area (Å²) in [5.74, 6) is 0.848. The van der Waals surface area contributed by atoms with E-state index in [1.165, 1.54) is 19.3 Å². The number of nitrogens with one attached hydrogen (secondary N) is 1. The minimum atomic E-state index is 0.266. The van der Waals surface area contributed by atoms with Crippen LogP contribution in [0.4, 0.5) is 0 Å². The Bertz CT molecular complexity index is 198. The van der Waals surface area contributed by atoms with E-state index in [1.807, 2.05) is 4.90 Å². The Labute approximate surface area is 93.2 Å². The number of hydrogen-bond donors (Lipinski definition) is 1. The van der Waals surface area contributed by atoms with Crippen LogP contribution >= 0.6 is 0 Å². The van der Waals surface area contributed by atoms with Crippen molar-refractivity contribution in [2.75, 3.05) is 19.6 Å². The normalized spacial score (nSPS) is 19.3. The van der Waals surface area contributed by atoms with E-state index in [-0.39, 0.29) is 5.91 Å². The van der Waals surface area contributed by atoms with Gasteiger partial charge in [-0.05, 0) is 32.1 Å². The molecule has 3 heteroatoms.